The second kappa shape index (κ2) is 9.60. The Morgan fingerprint density at radius 2 is 1.56 bits per heavy atom. The number of hydrogen-bond acceptors (Lipinski definition) is 5. The molecule has 1 aliphatic rings. The van der Waals surface area contributed by atoms with Crippen molar-refractivity contribution in [2.24, 2.45) is 0 Å². The Labute approximate surface area is 190 Å². The molecule has 1 amide bonds. The predicted octanol–water partition coefficient (Wildman–Crippen LogP) is 2.96. The zero-order valence-corrected chi connectivity index (χ0v) is 20.1. The van der Waals surface area contributed by atoms with E-state index in [1.165, 1.54) is 28.6 Å². The third-order valence-electron chi connectivity index (χ3n) is 5.44. The van der Waals surface area contributed by atoms with Gasteiger partial charge in [-0.3, -0.25) is 9.10 Å². The lowest BCUT2D eigenvalue weighted by atomic mass is 10.1. The summed E-state index contributed by atoms with van der Waals surface area (Å²) in [7, 11) is -7.27. The van der Waals surface area contributed by atoms with Crippen LogP contribution in [0.4, 0.5) is 11.4 Å². The fourth-order valence-corrected chi connectivity index (χ4v) is 6.49. The maximum atomic E-state index is 13.0. The largest absolute Gasteiger partial charge is 0.324 e. The quantitative estimate of drug-likeness (QED) is 0.627. The van der Waals surface area contributed by atoms with Crippen molar-refractivity contribution in [2.45, 2.75) is 44.0 Å². The van der Waals surface area contributed by atoms with Gasteiger partial charge in [0.1, 0.15) is 6.04 Å². The molecule has 8 nitrogen and oxygen atoms in total. The molecule has 10 heteroatoms. The number of carbonyl (C=O) groups is 1. The Hall–Kier alpha value is -2.43. The van der Waals surface area contributed by atoms with Gasteiger partial charge >= 0.3 is 0 Å². The van der Waals surface area contributed by atoms with Gasteiger partial charge in [0, 0.05) is 18.8 Å². The van der Waals surface area contributed by atoms with Crippen LogP contribution in [0, 0.1) is 6.92 Å². The maximum absolute atomic E-state index is 13.0. The van der Waals surface area contributed by atoms with E-state index in [4.69, 9.17) is 0 Å². The van der Waals surface area contributed by atoms with Crippen molar-refractivity contribution in [1.82, 2.24) is 4.31 Å². The van der Waals surface area contributed by atoms with E-state index in [1.807, 2.05) is 6.92 Å². The van der Waals surface area contributed by atoms with Crippen molar-refractivity contribution in [1.29, 1.82) is 0 Å². The highest BCUT2D eigenvalue weighted by Gasteiger charge is 2.32. The summed E-state index contributed by atoms with van der Waals surface area (Å²) in [4.78, 5) is 13.2. The van der Waals surface area contributed by atoms with Gasteiger partial charge in [0.05, 0.1) is 16.8 Å². The van der Waals surface area contributed by atoms with E-state index >= 15 is 0 Å². The zero-order valence-electron chi connectivity index (χ0n) is 18.5. The Bertz CT molecular complexity index is 1160. The maximum Gasteiger partial charge on any atom is 0.248 e. The molecule has 1 fully saturated rings. The van der Waals surface area contributed by atoms with Crippen molar-refractivity contribution in [2.75, 3.05) is 29.0 Å². The van der Waals surface area contributed by atoms with E-state index in [2.05, 4.69) is 5.32 Å². The highest BCUT2D eigenvalue weighted by molar-refractivity contribution is 7.92. The van der Waals surface area contributed by atoms with Gasteiger partial charge in [-0.05, 0) is 62.6 Å². The van der Waals surface area contributed by atoms with Gasteiger partial charge in [0.2, 0.25) is 26.0 Å². The zero-order chi connectivity index (χ0) is 23.5. The molecule has 2 aromatic rings. The fourth-order valence-electron chi connectivity index (χ4n) is 3.77. The molecule has 1 aliphatic heterocycles. The Balaban J connectivity index is 1.81. The number of aryl methyl sites for hydroxylation is 1. The van der Waals surface area contributed by atoms with Crippen molar-refractivity contribution < 1.29 is 21.6 Å². The molecule has 1 N–H and O–H groups in total. The number of nitrogens with zero attached hydrogens (tertiary/aromatic N) is 2. The van der Waals surface area contributed by atoms with Gasteiger partial charge in [-0.15, -0.1) is 0 Å². The summed E-state index contributed by atoms with van der Waals surface area (Å²) in [5, 5.41) is 2.72. The molecule has 3 rings (SSSR count). The molecule has 0 bridgehead atoms. The normalized spacial score (nSPS) is 16.0. The molecule has 2 aromatic carbocycles. The van der Waals surface area contributed by atoms with Crippen LogP contribution in [-0.2, 0) is 24.8 Å². The Morgan fingerprint density at radius 3 is 2.06 bits per heavy atom. The molecule has 1 atom stereocenters. The first-order chi connectivity index (χ1) is 15.0. The number of carbonyl (C=O) groups excluding carboxylic acids is 1. The molecule has 0 aromatic heterocycles. The van der Waals surface area contributed by atoms with E-state index in [9.17, 15) is 21.6 Å². The van der Waals surface area contributed by atoms with Crippen LogP contribution in [0.15, 0.2) is 53.4 Å². The second-order valence-corrected chi connectivity index (χ2v) is 11.7. The van der Waals surface area contributed by atoms with Crippen LogP contribution < -0.4 is 9.62 Å². The molecule has 1 saturated heterocycles. The number of rotatable bonds is 8. The number of benzene rings is 2. The van der Waals surface area contributed by atoms with Gasteiger partial charge < -0.3 is 5.32 Å². The molecular formula is C22H29N3O5S2. The van der Waals surface area contributed by atoms with Crippen molar-refractivity contribution in [3.63, 3.8) is 0 Å². The second-order valence-electron chi connectivity index (χ2n) is 7.94. The highest BCUT2D eigenvalue weighted by Crippen LogP contribution is 2.25. The smallest absolute Gasteiger partial charge is 0.248 e. The molecule has 32 heavy (non-hydrogen) atoms. The lowest BCUT2D eigenvalue weighted by Gasteiger charge is -2.30. The molecule has 1 unspecified atom stereocenters. The van der Waals surface area contributed by atoms with Gasteiger partial charge in [-0.2, -0.15) is 4.31 Å². The first kappa shape index (κ1) is 24.2. The molecule has 0 spiro atoms. The Morgan fingerprint density at radius 1 is 1.00 bits per heavy atom. The number of amides is 1. The van der Waals surface area contributed by atoms with E-state index in [0.717, 1.165) is 29.0 Å². The summed E-state index contributed by atoms with van der Waals surface area (Å²) < 4.78 is 53.0. The number of hydrogen-bond donors (Lipinski definition) is 1. The van der Waals surface area contributed by atoms with E-state index in [-0.39, 0.29) is 11.3 Å². The fraction of sp³-hybridized carbons (Fsp3) is 0.409. The van der Waals surface area contributed by atoms with Gasteiger partial charge in [0.25, 0.3) is 0 Å². The highest BCUT2D eigenvalue weighted by atomic mass is 32.2. The van der Waals surface area contributed by atoms with Crippen molar-refractivity contribution in [3.05, 3.63) is 54.1 Å². The number of sulfonamides is 2. The molecule has 0 radical (unpaired) electrons. The van der Waals surface area contributed by atoms with Crippen LogP contribution in [-0.4, -0.2) is 52.4 Å². The molecule has 0 aliphatic carbocycles. The molecule has 174 valence electrons. The van der Waals surface area contributed by atoms with Crippen LogP contribution in [0.2, 0.25) is 0 Å². The SMILES string of the molecule is CCC(C(=O)Nc1ccc(S(=O)(=O)N2CCCC2)cc1)N(c1ccc(C)cc1)S(C)(=O)=O. The predicted molar refractivity (Wildman–Crippen MR) is 126 cm³/mol. The summed E-state index contributed by atoms with van der Waals surface area (Å²) in [5.74, 6) is -0.492. The average molecular weight is 480 g/mol. The third kappa shape index (κ3) is 5.31. The van der Waals surface area contributed by atoms with E-state index < -0.39 is 32.0 Å². The average Bonchev–Trinajstić information content (AvgIpc) is 3.28. The van der Waals surface area contributed by atoms with Crippen LogP contribution in [0.3, 0.4) is 0 Å². The minimum absolute atomic E-state index is 0.168. The number of nitrogens with one attached hydrogen (secondary N) is 1. The first-order valence-electron chi connectivity index (χ1n) is 10.5. The van der Waals surface area contributed by atoms with Crippen molar-refractivity contribution >= 4 is 37.3 Å². The van der Waals surface area contributed by atoms with Crippen LogP contribution >= 0.6 is 0 Å². The standard InChI is InChI=1S/C22H29N3O5S2/c1-4-21(25(31(3,27)28)19-11-7-17(2)8-12-19)22(26)23-18-9-13-20(14-10-18)32(29,30)24-15-5-6-16-24/h7-14,21H,4-6,15-16H2,1-3H3,(H,23,26). The molecular weight excluding hydrogens is 450 g/mol. The number of anilines is 2. The summed E-state index contributed by atoms with van der Waals surface area (Å²) in [6.45, 7) is 4.66. The Kier molecular flexibility index (Phi) is 7.26. The van der Waals surface area contributed by atoms with Gasteiger partial charge in [0.15, 0.2) is 0 Å². The lowest BCUT2D eigenvalue weighted by molar-refractivity contribution is -0.117. The topological polar surface area (TPSA) is 104 Å². The van der Waals surface area contributed by atoms with E-state index in [0.29, 0.717) is 24.5 Å². The summed E-state index contributed by atoms with van der Waals surface area (Å²) >= 11 is 0. The van der Waals surface area contributed by atoms with Gasteiger partial charge in [-0.1, -0.05) is 24.6 Å². The molecule has 0 saturated carbocycles. The van der Waals surface area contributed by atoms with Gasteiger partial charge in [-0.25, -0.2) is 16.8 Å². The minimum atomic E-state index is -3.73. The van der Waals surface area contributed by atoms with Crippen LogP contribution in [0.1, 0.15) is 31.7 Å². The summed E-state index contributed by atoms with van der Waals surface area (Å²) in [5.41, 5.74) is 1.78. The van der Waals surface area contributed by atoms with Crippen molar-refractivity contribution in [3.8, 4) is 0 Å². The minimum Gasteiger partial charge on any atom is -0.324 e. The monoisotopic (exact) mass is 479 g/mol. The third-order valence-corrected chi connectivity index (χ3v) is 8.54. The lowest BCUT2D eigenvalue weighted by Crippen LogP contribution is -2.47. The first-order valence-corrected chi connectivity index (χ1v) is 13.8. The molecule has 1 heterocycles. The van der Waals surface area contributed by atoms with E-state index in [1.54, 1.807) is 31.2 Å². The van der Waals surface area contributed by atoms with Crippen LogP contribution in [0.5, 0.6) is 0 Å². The summed E-state index contributed by atoms with van der Waals surface area (Å²) in [6, 6.07) is 11.9. The van der Waals surface area contributed by atoms with Crippen LogP contribution in [0.25, 0.3) is 0 Å². The summed E-state index contributed by atoms with van der Waals surface area (Å²) in [6.07, 6.45) is 3.03.